The molecule has 1 aromatic heterocycles. The molecule has 1 aliphatic rings. The fraction of sp³-hybridized carbons (Fsp3) is 0.182. The second-order valence-electron chi connectivity index (χ2n) is 6.90. The van der Waals surface area contributed by atoms with Gasteiger partial charge in [0.05, 0.1) is 28.9 Å². The molecular weight excluding hydrogens is 370 g/mol. The second kappa shape index (κ2) is 7.35. The highest BCUT2D eigenvalue weighted by Gasteiger charge is 2.37. The lowest BCUT2D eigenvalue weighted by molar-refractivity contribution is 0.0487. The third-order valence-corrected chi connectivity index (χ3v) is 4.84. The van der Waals surface area contributed by atoms with Gasteiger partial charge in [-0.05, 0) is 55.3 Å². The molecule has 4 rings (SSSR count). The molecule has 0 aliphatic carbocycles. The summed E-state index contributed by atoms with van der Waals surface area (Å²) >= 11 is 0. The summed E-state index contributed by atoms with van der Waals surface area (Å²) in [4.78, 5) is 39.3. The van der Waals surface area contributed by atoms with Crippen LogP contribution in [0.25, 0.3) is 0 Å². The Bertz CT molecular complexity index is 1120. The van der Waals surface area contributed by atoms with Crippen molar-refractivity contribution in [1.82, 2.24) is 9.78 Å². The number of imide groups is 1. The van der Waals surface area contributed by atoms with Crippen molar-refractivity contribution in [2.45, 2.75) is 20.4 Å². The standard InChI is InChI=1S/C22H19N3O4/c1-14-4-5-15(2)19(12-14)25-20(26)17-7-6-16(13-18(17)21(25)27)22(28)29-11-10-24-9-3-8-23-24/h3-9,12-13H,10-11H2,1-2H3. The third kappa shape index (κ3) is 3.42. The Hall–Kier alpha value is -3.74. The minimum absolute atomic E-state index is 0.152. The van der Waals surface area contributed by atoms with E-state index in [2.05, 4.69) is 5.10 Å². The van der Waals surface area contributed by atoms with Gasteiger partial charge < -0.3 is 4.74 Å². The number of esters is 1. The summed E-state index contributed by atoms with van der Waals surface area (Å²) in [7, 11) is 0. The van der Waals surface area contributed by atoms with Crippen LogP contribution >= 0.6 is 0 Å². The normalized spacial score (nSPS) is 13.0. The molecule has 2 aromatic carbocycles. The van der Waals surface area contributed by atoms with Crippen molar-refractivity contribution in [2.75, 3.05) is 11.5 Å². The molecule has 2 heterocycles. The van der Waals surface area contributed by atoms with Crippen molar-refractivity contribution in [3.05, 3.63) is 82.7 Å². The van der Waals surface area contributed by atoms with Crippen LogP contribution in [0, 0.1) is 13.8 Å². The summed E-state index contributed by atoms with van der Waals surface area (Å²) in [5, 5.41) is 4.04. The van der Waals surface area contributed by atoms with Gasteiger partial charge >= 0.3 is 5.97 Å². The minimum atomic E-state index is -0.551. The van der Waals surface area contributed by atoms with Gasteiger partial charge in [0, 0.05) is 12.4 Å². The van der Waals surface area contributed by atoms with Gasteiger partial charge in [0.2, 0.25) is 0 Å². The van der Waals surface area contributed by atoms with Gasteiger partial charge in [-0.3, -0.25) is 14.3 Å². The van der Waals surface area contributed by atoms with Crippen LogP contribution < -0.4 is 4.90 Å². The Morgan fingerprint density at radius 3 is 2.59 bits per heavy atom. The summed E-state index contributed by atoms with van der Waals surface area (Å²) in [5.41, 5.74) is 3.04. The topological polar surface area (TPSA) is 81.5 Å². The Morgan fingerprint density at radius 1 is 1.03 bits per heavy atom. The molecule has 0 spiro atoms. The first-order valence-corrected chi connectivity index (χ1v) is 9.20. The second-order valence-corrected chi connectivity index (χ2v) is 6.90. The fourth-order valence-electron chi connectivity index (χ4n) is 3.29. The molecule has 0 unspecified atom stereocenters. The fourth-order valence-corrected chi connectivity index (χ4v) is 3.29. The Morgan fingerprint density at radius 2 is 1.83 bits per heavy atom. The molecule has 0 saturated heterocycles. The molecule has 7 nitrogen and oxygen atoms in total. The van der Waals surface area contributed by atoms with E-state index >= 15 is 0 Å². The molecule has 29 heavy (non-hydrogen) atoms. The number of hydrogen-bond donors (Lipinski definition) is 0. The van der Waals surface area contributed by atoms with Crippen molar-refractivity contribution < 1.29 is 19.1 Å². The van der Waals surface area contributed by atoms with Gasteiger partial charge in [-0.15, -0.1) is 0 Å². The number of aromatic nitrogens is 2. The van der Waals surface area contributed by atoms with Crippen LogP contribution in [0.15, 0.2) is 54.9 Å². The van der Waals surface area contributed by atoms with Crippen LogP contribution in [0.5, 0.6) is 0 Å². The van der Waals surface area contributed by atoms with E-state index < -0.39 is 17.8 Å². The van der Waals surface area contributed by atoms with Crippen molar-refractivity contribution in [2.24, 2.45) is 0 Å². The van der Waals surface area contributed by atoms with Crippen molar-refractivity contribution in [3.8, 4) is 0 Å². The number of anilines is 1. The minimum Gasteiger partial charge on any atom is -0.460 e. The molecule has 0 fully saturated rings. The number of benzene rings is 2. The number of carbonyl (C=O) groups excluding carboxylic acids is 3. The quantitative estimate of drug-likeness (QED) is 0.495. The average molecular weight is 389 g/mol. The first-order chi connectivity index (χ1) is 14.0. The molecular formula is C22H19N3O4. The van der Waals surface area contributed by atoms with Gasteiger partial charge in [0.15, 0.2) is 0 Å². The summed E-state index contributed by atoms with van der Waals surface area (Å²) in [6.45, 7) is 4.33. The number of rotatable bonds is 5. The van der Waals surface area contributed by atoms with Crippen LogP contribution in [0.4, 0.5) is 5.69 Å². The molecule has 0 atom stereocenters. The highest BCUT2D eigenvalue weighted by atomic mass is 16.5. The van der Waals surface area contributed by atoms with E-state index in [1.165, 1.54) is 23.1 Å². The van der Waals surface area contributed by atoms with Crippen LogP contribution in [0.2, 0.25) is 0 Å². The third-order valence-electron chi connectivity index (χ3n) is 4.84. The van der Waals surface area contributed by atoms with Gasteiger partial charge in [-0.1, -0.05) is 12.1 Å². The predicted molar refractivity (Wildman–Crippen MR) is 106 cm³/mol. The lowest BCUT2D eigenvalue weighted by Crippen LogP contribution is -2.30. The van der Waals surface area contributed by atoms with Crippen LogP contribution in [-0.2, 0) is 11.3 Å². The van der Waals surface area contributed by atoms with Gasteiger partial charge in [-0.2, -0.15) is 5.10 Å². The van der Waals surface area contributed by atoms with E-state index in [9.17, 15) is 14.4 Å². The number of amides is 2. The van der Waals surface area contributed by atoms with Gasteiger partial charge in [0.25, 0.3) is 11.8 Å². The molecule has 3 aromatic rings. The first kappa shape index (κ1) is 18.6. The zero-order chi connectivity index (χ0) is 20.5. The van der Waals surface area contributed by atoms with E-state index in [1.807, 2.05) is 32.0 Å². The number of ether oxygens (including phenoxy) is 1. The Balaban J connectivity index is 1.55. The summed E-state index contributed by atoms with van der Waals surface area (Å²) in [6.07, 6.45) is 3.42. The zero-order valence-corrected chi connectivity index (χ0v) is 16.1. The first-order valence-electron chi connectivity index (χ1n) is 9.20. The van der Waals surface area contributed by atoms with Crippen LogP contribution in [-0.4, -0.2) is 34.2 Å². The molecule has 2 amide bonds. The van der Waals surface area contributed by atoms with Crippen LogP contribution in [0.3, 0.4) is 0 Å². The average Bonchev–Trinajstić information content (AvgIpc) is 3.31. The highest BCUT2D eigenvalue weighted by Crippen LogP contribution is 2.31. The molecule has 146 valence electrons. The monoisotopic (exact) mass is 389 g/mol. The number of hydrogen-bond acceptors (Lipinski definition) is 5. The summed E-state index contributed by atoms with van der Waals surface area (Å²) in [6, 6.07) is 11.8. The zero-order valence-electron chi connectivity index (χ0n) is 16.1. The molecule has 1 aliphatic heterocycles. The van der Waals surface area contributed by atoms with E-state index in [-0.39, 0.29) is 23.3 Å². The number of fused-ring (bicyclic) bond motifs is 1. The number of nitrogens with zero attached hydrogens (tertiary/aromatic N) is 3. The SMILES string of the molecule is Cc1ccc(C)c(N2C(=O)c3ccc(C(=O)OCCn4cccn4)cc3C2=O)c1. The van der Waals surface area contributed by atoms with Gasteiger partial charge in [-0.25, -0.2) is 9.69 Å². The van der Waals surface area contributed by atoms with Crippen molar-refractivity contribution >= 4 is 23.5 Å². The molecule has 0 bridgehead atoms. The van der Waals surface area contributed by atoms with Crippen LogP contribution in [0.1, 0.15) is 42.2 Å². The van der Waals surface area contributed by atoms with E-state index in [4.69, 9.17) is 4.74 Å². The maximum atomic E-state index is 13.0. The lowest BCUT2D eigenvalue weighted by atomic mass is 10.1. The molecule has 0 radical (unpaired) electrons. The number of carbonyl (C=O) groups is 3. The van der Waals surface area contributed by atoms with E-state index in [0.29, 0.717) is 12.2 Å². The van der Waals surface area contributed by atoms with Crippen molar-refractivity contribution in [1.29, 1.82) is 0 Å². The molecule has 7 heteroatoms. The number of aryl methyl sites for hydroxylation is 2. The summed E-state index contributed by atoms with van der Waals surface area (Å²) in [5.74, 6) is -1.38. The van der Waals surface area contributed by atoms with Gasteiger partial charge in [0.1, 0.15) is 6.61 Å². The smallest absolute Gasteiger partial charge is 0.338 e. The Labute approximate surface area is 167 Å². The largest absolute Gasteiger partial charge is 0.460 e. The Kier molecular flexibility index (Phi) is 4.72. The maximum Gasteiger partial charge on any atom is 0.338 e. The predicted octanol–water partition coefficient (Wildman–Crippen LogP) is 3.16. The maximum absolute atomic E-state index is 13.0. The lowest BCUT2D eigenvalue weighted by Gasteiger charge is -2.17. The van der Waals surface area contributed by atoms with Crippen molar-refractivity contribution in [3.63, 3.8) is 0 Å². The van der Waals surface area contributed by atoms with E-state index in [1.54, 1.807) is 23.1 Å². The summed E-state index contributed by atoms with van der Waals surface area (Å²) < 4.78 is 6.91. The van der Waals surface area contributed by atoms with E-state index in [0.717, 1.165) is 11.1 Å². The molecule has 0 N–H and O–H groups in total. The molecule has 0 saturated carbocycles. The highest BCUT2D eigenvalue weighted by molar-refractivity contribution is 6.35.